The highest BCUT2D eigenvalue weighted by Crippen LogP contribution is 2.21. The molecule has 2 aromatic rings. The Balaban J connectivity index is 2.28. The summed E-state index contributed by atoms with van der Waals surface area (Å²) in [4.78, 5) is 0. The largest absolute Gasteiger partial charge is 0.469 e. The maximum atomic E-state index is 5.84. The van der Waals surface area contributed by atoms with Crippen molar-refractivity contribution >= 4 is 21.6 Å². The third-order valence-corrected chi connectivity index (χ3v) is 2.54. The molecule has 0 radical (unpaired) electrons. The third kappa shape index (κ3) is 1.99. The molecule has 0 unspecified atom stereocenters. The quantitative estimate of drug-likeness (QED) is 0.833. The van der Waals surface area contributed by atoms with E-state index < -0.39 is 0 Å². The van der Waals surface area contributed by atoms with Crippen LogP contribution in [-0.4, -0.2) is 0 Å². The van der Waals surface area contributed by atoms with E-state index >= 15 is 0 Å². The third-order valence-electron chi connectivity index (χ3n) is 2.05. The van der Waals surface area contributed by atoms with E-state index in [1.54, 1.807) is 6.26 Å². The molecule has 0 atom stereocenters. The van der Waals surface area contributed by atoms with Crippen molar-refractivity contribution in [3.05, 3.63) is 52.4 Å². The van der Waals surface area contributed by atoms with Crippen LogP contribution in [0.15, 0.2) is 45.5 Å². The van der Waals surface area contributed by atoms with Crippen molar-refractivity contribution in [1.82, 2.24) is 0 Å². The number of nitrogens with two attached hydrogens (primary N) is 1. The second-order valence-electron chi connectivity index (χ2n) is 3.10. The van der Waals surface area contributed by atoms with Gasteiger partial charge in [-0.3, -0.25) is 0 Å². The minimum absolute atomic E-state index is 0.734. The molecule has 2 nitrogen and oxygen atoms in total. The molecule has 0 spiro atoms. The zero-order chi connectivity index (χ0) is 9.97. The number of nitrogen functional groups attached to an aromatic ring is 1. The topological polar surface area (TPSA) is 39.2 Å². The molecule has 0 aliphatic rings. The molecule has 0 fully saturated rings. The summed E-state index contributed by atoms with van der Waals surface area (Å²) in [5.74, 6) is 0.926. The van der Waals surface area contributed by atoms with Crippen LogP contribution in [0.2, 0.25) is 0 Å². The standard InChI is InChI=1S/C11H10BrNO/c12-9-3-4-11(13)8(6-9)7-10-2-1-5-14-10/h1-6H,7,13H2. The van der Waals surface area contributed by atoms with E-state index in [1.807, 2.05) is 30.3 Å². The van der Waals surface area contributed by atoms with Gasteiger partial charge in [-0.1, -0.05) is 15.9 Å². The molecule has 1 heterocycles. The Morgan fingerprint density at radius 2 is 2.14 bits per heavy atom. The van der Waals surface area contributed by atoms with Crippen LogP contribution < -0.4 is 5.73 Å². The first-order chi connectivity index (χ1) is 6.75. The van der Waals surface area contributed by atoms with Crippen LogP contribution >= 0.6 is 15.9 Å². The molecule has 0 aliphatic heterocycles. The predicted molar refractivity (Wildman–Crippen MR) is 60.1 cm³/mol. The van der Waals surface area contributed by atoms with Gasteiger partial charge in [0.1, 0.15) is 5.76 Å². The van der Waals surface area contributed by atoms with E-state index in [2.05, 4.69) is 15.9 Å². The molecule has 1 aromatic heterocycles. The Kier molecular flexibility index (Phi) is 2.59. The number of hydrogen-bond acceptors (Lipinski definition) is 2. The fraction of sp³-hybridized carbons (Fsp3) is 0.0909. The maximum Gasteiger partial charge on any atom is 0.108 e. The number of anilines is 1. The van der Waals surface area contributed by atoms with Gasteiger partial charge in [-0.25, -0.2) is 0 Å². The highest BCUT2D eigenvalue weighted by molar-refractivity contribution is 9.10. The van der Waals surface area contributed by atoms with Gasteiger partial charge in [0.15, 0.2) is 0 Å². The summed E-state index contributed by atoms with van der Waals surface area (Å²) in [7, 11) is 0. The zero-order valence-corrected chi connectivity index (χ0v) is 9.12. The van der Waals surface area contributed by atoms with Crippen molar-refractivity contribution in [2.45, 2.75) is 6.42 Å². The summed E-state index contributed by atoms with van der Waals surface area (Å²) in [6.45, 7) is 0. The fourth-order valence-electron chi connectivity index (χ4n) is 1.33. The van der Waals surface area contributed by atoms with Crippen molar-refractivity contribution in [3.8, 4) is 0 Å². The summed E-state index contributed by atoms with van der Waals surface area (Å²) in [5, 5.41) is 0. The Labute approximate surface area is 90.9 Å². The Morgan fingerprint density at radius 1 is 1.29 bits per heavy atom. The SMILES string of the molecule is Nc1ccc(Br)cc1Cc1ccco1. The van der Waals surface area contributed by atoms with Crippen LogP contribution in [-0.2, 0) is 6.42 Å². The average molecular weight is 252 g/mol. The summed E-state index contributed by atoms with van der Waals surface area (Å²) >= 11 is 3.41. The first kappa shape index (κ1) is 9.34. The van der Waals surface area contributed by atoms with E-state index in [1.165, 1.54) is 0 Å². The summed E-state index contributed by atoms with van der Waals surface area (Å²) in [5.41, 5.74) is 7.72. The maximum absolute atomic E-state index is 5.84. The minimum Gasteiger partial charge on any atom is -0.469 e. The molecule has 2 N–H and O–H groups in total. The summed E-state index contributed by atoms with van der Waals surface area (Å²) < 4.78 is 6.30. The lowest BCUT2D eigenvalue weighted by Gasteiger charge is -2.03. The van der Waals surface area contributed by atoms with E-state index in [4.69, 9.17) is 10.2 Å². The fourth-order valence-corrected chi connectivity index (χ4v) is 1.74. The molecule has 72 valence electrons. The van der Waals surface area contributed by atoms with Crippen LogP contribution in [0.1, 0.15) is 11.3 Å². The van der Waals surface area contributed by atoms with Crippen molar-refractivity contribution in [1.29, 1.82) is 0 Å². The summed E-state index contributed by atoms with van der Waals surface area (Å²) in [6, 6.07) is 9.66. The van der Waals surface area contributed by atoms with E-state index in [0.717, 1.165) is 27.9 Å². The van der Waals surface area contributed by atoms with Gasteiger partial charge in [-0.2, -0.15) is 0 Å². The van der Waals surface area contributed by atoms with Crippen molar-refractivity contribution < 1.29 is 4.42 Å². The van der Waals surface area contributed by atoms with Crippen molar-refractivity contribution in [3.63, 3.8) is 0 Å². The smallest absolute Gasteiger partial charge is 0.108 e. The molecular weight excluding hydrogens is 242 g/mol. The number of furan rings is 1. The summed E-state index contributed by atoms with van der Waals surface area (Å²) in [6.07, 6.45) is 2.40. The monoisotopic (exact) mass is 251 g/mol. The normalized spacial score (nSPS) is 10.4. The van der Waals surface area contributed by atoms with Gasteiger partial charge in [0, 0.05) is 16.6 Å². The zero-order valence-electron chi connectivity index (χ0n) is 7.53. The second kappa shape index (κ2) is 3.88. The number of hydrogen-bond donors (Lipinski definition) is 1. The van der Waals surface area contributed by atoms with Gasteiger partial charge in [-0.05, 0) is 35.9 Å². The second-order valence-corrected chi connectivity index (χ2v) is 4.01. The highest BCUT2D eigenvalue weighted by Gasteiger charge is 2.03. The Hall–Kier alpha value is -1.22. The number of rotatable bonds is 2. The van der Waals surface area contributed by atoms with E-state index in [9.17, 15) is 0 Å². The molecule has 0 aliphatic carbocycles. The molecular formula is C11H10BrNO. The van der Waals surface area contributed by atoms with Crippen LogP contribution in [0.4, 0.5) is 5.69 Å². The van der Waals surface area contributed by atoms with Gasteiger partial charge < -0.3 is 10.2 Å². The van der Waals surface area contributed by atoms with E-state index in [0.29, 0.717) is 0 Å². The lowest BCUT2D eigenvalue weighted by Crippen LogP contribution is -1.94. The van der Waals surface area contributed by atoms with Crippen LogP contribution in [0, 0.1) is 0 Å². The van der Waals surface area contributed by atoms with Crippen LogP contribution in [0.5, 0.6) is 0 Å². The van der Waals surface area contributed by atoms with E-state index in [-0.39, 0.29) is 0 Å². The lowest BCUT2D eigenvalue weighted by molar-refractivity contribution is 0.521. The first-order valence-corrected chi connectivity index (χ1v) is 5.11. The molecule has 0 saturated heterocycles. The van der Waals surface area contributed by atoms with Gasteiger partial charge >= 0.3 is 0 Å². The van der Waals surface area contributed by atoms with Crippen LogP contribution in [0.25, 0.3) is 0 Å². The van der Waals surface area contributed by atoms with Crippen LogP contribution in [0.3, 0.4) is 0 Å². The molecule has 1 aromatic carbocycles. The number of halogens is 1. The first-order valence-electron chi connectivity index (χ1n) is 4.32. The Morgan fingerprint density at radius 3 is 2.86 bits per heavy atom. The van der Waals surface area contributed by atoms with Crippen molar-refractivity contribution in [2.24, 2.45) is 0 Å². The molecule has 3 heteroatoms. The van der Waals surface area contributed by atoms with Gasteiger partial charge in [0.25, 0.3) is 0 Å². The molecule has 14 heavy (non-hydrogen) atoms. The van der Waals surface area contributed by atoms with Crippen molar-refractivity contribution in [2.75, 3.05) is 5.73 Å². The minimum atomic E-state index is 0.734. The Bertz CT molecular complexity index is 423. The molecule has 2 rings (SSSR count). The number of benzene rings is 1. The predicted octanol–water partition coefficient (Wildman–Crippen LogP) is 3.22. The molecule has 0 amide bonds. The molecule has 0 saturated carbocycles. The molecule has 0 bridgehead atoms. The highest BCUT2D eigenvalue weighted by atomic mass is 79.9. The van der Waals surface area contributed by atoms with Gasteiger partial charge in [0.05, 0.1) is 6.26 Å². The lowest BCUT2D eigenvalue weighted by atomic mass is 10.1. The van der Waals surface area contributed by atoms with Gasteiger partial charge in [-0.15, -0.1) is 0 Å². The average Bonchev–Trinajstić information content (AvgIpc) is 2.64. The van der Waals surface area contributed by atoms with Gasteiger partial charge in [0.2, 0.25) is 0 Å².